The highest BCUT2D eigenvalue weighted by Crippen LogP contribution is 2.21. The highest BCUT2D eigenvalue weighted by Gasteiger charge is 2.23. The van der Waals surface area contributed by atoms with Crippen LogP contribution in [-0.2, 0) is 0 Å². The Balaban J connectivity index is 1.66. The largest absolute Gasteiger partial charge is 0.337 e. The topological polar surface area (TPSA) is 36.4 Å². The number of aryl methyl sites for hydroxylation is 1. The first kappa shape index (κ1) is 16.7. The lowest BCUT2D eigenvalue weighted by atomic mass is 10.1. The van der Waals surface area contributed by atoms with Crippen LogP contribution in [0.4, 0.5) is 0 Å². The summed E-state index contributed by atoms with van der Waals surface area (Å²) < 4.78 is 0. The van der Waals surface area contributed by atoms with Crippen LogP contribution in [0.25, 0.3) is 0 Å². The summed E-state index contributed by atoms with van der Waals surface area (Å²) in [5.41, 5.74) is 3.21. The number of pyridine rings is 1. The SMILES string of the molecule is Cc1cccc(C(=O)N2CCCN(C(C)c3ccncc3)CC2)c1. The molecule has 3 rings (SSSR count). The van der Waals surface area contributed by atoms with E-state index < -0.39 is 0 Å². The lowest BCUT2D eigenvalue weighted by Gasteiger charge is -2.28. The molecule has 126 valence electrons. The Morgan fingerprint density at radius 2 is 1.88 bits per heavy atom. The predicted octanol–water partition coefficient (Wildman–Crippen LogP) is 3.30. The standard InChI is InChI=1S/C20H25N3O/c1-16-5-3-6-19(15-16)20(24)23-12-4-11-22(13-14-23)17(2)18-7-9-21-10-8-18/h3,5-10,15,17H,4,11-14H2,1-2H3. The highest BCUT2D eigenvalue weighted by atomic mass is 16.2. The van der Waals surface area contributed by atoms with E-state index in [0.717, 1.165) is 43.7 Å². The van der Waals surface area contributed by atoms with Crippen molar-refractivity contribution in [2.75, 3.05) is 26.2 Å². The Bertz CT molecular complexity index is 686. The number of aromatic nitrogens is 1. The second-order valence-corrected chi connectivity index (χ2v) is 6.51. The van der Waals surface area contributed by atoms with Crippen molar-refractivity contribution >= 4 is 5.91 Å². The van der Waals surface area contributed by atoms with Crippen LogP contribution in [0.2, 0.25) is 0 Å². The van der Waals surface area contributed by atoms with E-state index in [1.807, 2.05) is 48.5 Å². The maximum atomic E-state index is 12.8. The summed E-state index contributed by atoms with van der Waals surface area (Å²) >= 11 is 0. The number of benzene rings is 1. The Labute approximate surface area is 144 Å². The van der Waals surface area contributed by atoms with Gasteiger partial charge in [-0.25, -0.2) is 0 Å². The summed E-state index contributed by atoms with van der Waals surface area (Å²) in [5.74, 6) is 0.150. The molecule has 1 atom stereocenters. The number of nitrogens with zero attached hydrogens (tertiary/aromatic N) is 3. The van der Waals surface area contributed by atoms with Crippen LogP contribution in [0, 0.1) is 6.92 Å². The van der Waals surface area contributed by atoms with Crippen LogP contribution in [-0.4, -0.2) is 46.9 Å². The Morgan fingerprint density at radius 3 is 2.62 bits per heavy atom. The number of carbonyl (C=O) groups excluding carboxylic acids is 1. The maximum Gasteiger partial charge on any atom is 0.253 e. The van der Waals surface area contributed by atoms with E-state index in [4.69, 9.17) is 0 Å². The zero-order valence-electron chi connectivity index (χ0n) is 14.5. The molecule has 1 unspecified atom stereocenters. The lowest BCUT2D eigenvalue weighted by Crippen LogP contribution is -2.36. The molecule has 0 saturated carbocycles. The van der Waals surface area contributed by atoms with Crippen molar-refractivity contribution in [3.63, 3.8) is 0 Å². The average molecular weight is 323 g/mol. The van der Waals surface area contributed by atoms with E-state index in [1.165, 1.54) is 5.56 Å². The van der Waals surface area contributed by atoms with Gasteiger partial charge in [-0.1, -0.05) is 17.7 Å². The van der Waals surface area contributed by atoms with Gasteiger partial charge in [0.25, 0.3) is 5.91 Å². The summed E-state index contributed by atoms with van der Waals surface area (Å²) in [6, 6.07) is 12.4. The fourth-order valence-electron chi connectivity index (χ4n) is 3.34. The smallest absolute Gasteiger partial charge is 0.253 e. The van der Waals surface area contributed by atoms with E-state index in [0.29, 0.717) is 6.04 Å². The monoisotopic (exact) mass is 323 g/mol. The van der Waals surface area contributed by atoms with Crippen LogP contribution in [0.1, 0.15) is 40.9 Å². The fourth-order valence-corrected chi connectivity index (χ4v) is 3.34. The number of hydrogen-bond acceptors (Lipinski definition) is 3. The number of rotatable bonds is 3. The predicted molar refractivity (Wildman–Crippen MR) is 95.9 cm³/mol. The number of amides is 1. The van der Waals surface area contributed by atoms with Gasteiger partial charge >= 0.3 is 0 Å². The molecule has 1 aromatic carbocycles. The number of carbonyl (C=O) groups is 1. The van der Waals surface area contributed by atoms with Crippen LogP contribution < -0.4 is 0 Å². The van der Waals surface area contributed by atoms with Gasteiger partial charge in [0.1, 0.15) is 0 Å². The molecule has 0 N–H and O–H groups in total. The minimum absolute atomic E-state index is 0.150. The number of hydrogen-bond donors (Lipinski definition) is 0. The van der Waals surface area contributed by atoms with E-state index in [1.54, 1.807) is 0 Å². The lowest BCUT2D eigenvalue weighted by molar-refractivity contribution is 0.0758. The van der Waals surface area contributed by atoms with Gasteiger partial charge in [0, 0.05) is 50.2 Å². The highest BCUT2D eigenvalue weighted by molar-refractivity contribution is 5.94. The first-order chi connectivity index (χ1) is 11.6. The molecule has 1 saturated heterocycles. The van der Waals surface area contributed by atoms with Crippen molar-refractivity contribution in [2.45, 2.75) is 26.3 Å². The van der Waals surface area contributed by atoms with Gasteiger partial charge in [0.2, 0.25) is 0 Å². The molecule has 0 aliphatic carbocycles. The molecular weight excluding hydrogens is 298 g/mol. The van der Waals surface area contributed by atoms with Gasteiger partial charge in [-0.15, -0.1) is 0 Å². The summed E-state index contributed by atoms with van der Waals surface area (Å²) in [7, 11) is 0. The zero-order chi connectivity index (χ0) is 16.9. The molecule has 2 aromatic rings. The second-order valence-electron chi connectivity index (χ2n) is 6.51. The van der Waals surface area contributed by atoms with Crippen molar-refractivity contribution in [1.82, 2.24) is 14.8 Å². The van der Waals surface area contributed by atoms with Gasteiger partial charge in [-0.3, -0.25) is 14.7 Å². The molecule has 1 aliphatic rings. The fraction of sp³-hybridized carbons (Fsp3) is 0.400. The normalized spacial score (nSPS) is 17.3. The summed E-state index contributed by atoms with van der Waals surface area (Å²) in [5, 5.41) is 0. The Kier molecular flexibility index (Phi) is 5.26. The van der Waals surface area contributed by atoms with Gasteiger partial charge in [-0.2, -0.15) is 0 Å². The zero-order valence-corrected chi connectivity index (χ0v) is 14.5. The third kappa shape index (κ3) is 3.82. The molecule has 1 aromatic heterocycles. The third-order valence-corrected chi connectivity index (χ3v) is 4.82. The van der Waals surface area contributed by atoms with Crippen molar-refractivity contribution < 1.29 is 4.79 Å². The maximum absolute atomic E-state index is 12.8. The minimum atomic E-state index is 0.150. The van der Waals surface area contributed by atoms with Gasteiger partial charge in [0.15, 0.2) is 0 Å². The van der Waals surface area contributed by atoms with E-state index in [-0.39, 0.29) is 5.91 Å². The Hall–Kier alpha value is -2.20. The molecule has 4 nitrogen and oxygen atoms in total. The van der Waals surface area contributed by atoms with Gasteiger partial charge < -0.3 is 4.90 Å². The molecular formula is C20H25N3O. The molecule has 2 heterocycles. The summed E-state index contributed by atoms with van der Waals surface area (Å²) in [6.07, 6.45) is 4.70. The van der Waals surface area contributed by atoms with Crippen LogP contribution >= 0.6 is 0 Å². The van der Waals surface area contributed by atoms with Crippen molar-refractivity contribution in [2.24, 2.45) is 0 Å². The van der Waals surface area contributed by atoms with Crippen LogP contribution in [0.15, 0.2) is 48.8 Å². The van der Waals surface area contributed by atoms with Crippen molar-refractivity contribution in [3.8, 4) is 0 Å². The van der Waals surface area contributed by atoms with Crippen molar-refractivity contribution in [1.29, 1.82) is 0 Å². The van der Waals surface area contributed by atoms with E-state index in [9.17, 15) is 4.79 Å². The van der Waals surface area contributed by atoms with Crippen molar-refractivity contribution in [3.05, 3.63) is 65.5 Å². The molecule has 1 fully saturated rings. The van der Waals surface area contributed by atoms with E-state index in [2.05, 4.69) is 28.9 Å². The van der Waals surface area contributed by atoms with Gasteiger partial charge in [0.05, 0.1) is 0 Å². The molecule has 1 aliphatic heterocycles. The third-order valence-electron chi connectivity index (χ3n) is 4.82. The molecule has 4 heteroatoms. The first-order valence-corrected chi connectivity index (χ1v) is 8.65. The van der Waals surface area contributed by atoms with Crippen LogP contribution in [0.3, 0.4) is 0 Å². The summed E-state index contributed by atoms with van der Waals surface area (Å²) in [4.78, 5) is 21.3. The molecule has 0 bridgehead atoms. The molecule has 1 amide bonds. The molecule has 0 radical (unpaired) electrons. The summed E-state index contributed by atoms with van der Waals surface area (Å²) in [6.45, 7) is 7.78. The van der Waals surface area contributed by atoms with Gasteiger partial charge in [-0.05, 0) is 50.1 Å². The minimum Gasteiger partial charge on any atom is -0.337 e. The van der Waals surface area contributed by atoms with E-state index >= 15 is 0 Å². The quantitative estimate of drug-likeness (QED) is 0.869. The Morgan fingerprint density at radius 1 is 1.08 bits per heavy atom. The van der Waals surface area contributed by atoms with Crippen LogP contribution in [0.5, 0.6) is 0 Å². The second kappa shape index (κ2) is 7.58. The average Bonchev–Trinajstić information content (AvgIpc) is 2.87. The first-order valence-electron chi connectivity index (χ1n) is 8.65. The molecule has 0 spiro atoms. The molecule has 24 heavy (non-hydrogen) atoms.